The fraction of sp³-hybridized carbons (Fsp3) is 0.429. The molecule has 1 atom stereocenters. The molecule has 0 aromatic heterocycles. The van der Waals surface area contributed by atoms with E-state index in [1.54, 1.807) is 6.08 Å². The number of carbonyl (C=O) groups excluding carboxylic acids is 2. The maximum absolute atomic E-state index is 10.9. The number of nitrogens with two attached hydrogens (primary N) is 1. The third-order valence-electron chi connectivity index (χ3n) is 1.65. The van der Waals surface area contributed by atoms with Crippen LogP contribution in [0.2, 0.25) is 0 Å². The van der Waals surface area contributed by atoms with Crippen LogP contribution in [0.5, 0.6) is 0 Å². The molecule has 1 rings (SSSR count). The molecule has 0 radical (unpaired) electrons. The summed E-state index contributed by atoms with van der Waals surface area (Å²) < 4.78 is 0. The van der Waals surface area contributed by atoms with Gasteiger partial charge in [0.25, 0.3) is 0 Å². The highest BCUT2D eigenvalue weighted by Gasteiger charge is 2.31. The molecule has 0 aromatic carbocycles. The van der Waals surface area contributed by atoms with E-state index < -0.39 is 5.92 Å². The molecule has 3 N–H and O–H groups in total. The minimum absolute atomic E-state index is 0.0481. The summed E-state index contributed by atoms with van der Waals surface area (Å²) >= 11 is 0. The zero-order valence-corrected chi connectivity index (χ0v) is 6.04. The van der Waals surface area contributed by atoms with Gasteiger partial charge in [-0.1, -0.05) is 6.08 Å². The second-order valence-corrected chi connectivity index (χ2v) is 2.40. The summed E-state index contributed by atoms with van der Waals surface area (Å²) in [5.41, 5.74) is 5.07. The van der Waals surface area contributed by atoms with Crippen LogP contribution in [0.25, 0.3) is 0 Å². The first-order chi connectivity index (χ1) is 5.25. The van der Waals surface area contributed by atoms with Gasteiger partial charge in [-0.3, -0.25) is 9.59 Å². The molecule has 1 aliphatic heterocycles. The van der Waals surface area contributed by atoms with E-state index >= 15 is 0 Å². The van der Waals surface area contributed by atoms with Gasteiger partial charge in [-0.05, 0) is 12.6 Å². The van der Waals surface area contributed by atoms with Gasteiger partial charge in [0.05, 0.1) is 6.54 Å². The smallest absolute Gasteiger partial charge is 0.231 e. The molecule has 4 heteroatoms. The third kappa shape index (κ3) is 1.58. The lowest BCUT2D eigenvalue weighted by Crippen LogP contribution is -2.19. The van der Waals surface area contributed by atoms with Crippen molar-refractivity contribution in [3.63, 3.8) is 0 Å². The first kappa shape index (κ1) is 7.78. The topological polar surface area (TPSA) is 72.2 Å². The van der Waals surface area contributed by atoms with Gasteiger partial charge in [0.2, 0.25) is 5.91 Å². The maximum atomic E-state index is 10.9. The predicted molar refractivity (Wildman–Crippen MR) is 39.5 cm³/mol. The van der Waals surface area contributed by atoms with Crippen LogP contribution >= 0.6 is 0 Å². The Bertz CT molecular complexity index is 194. The van der Waals surface area contributed by atoms with Gasteiger partial charge < -0.3 is 11.1 Å². The Morgan fingerprint density at radius 3 is 2.82 bits per heavy atom. The number of carbonyl (C=O) groups is 2. The van der Waals surface area contributed by atoms with E-state index in [2.05, 4.69) is 5.32 Å². The number of ketones is 1. The average molecular weight is 154 g/mol. The Morgan fingerprint density at radius 1 is 1.64 bits per heavy atom. The zero-order chi connectivity index (χ0) is 8.27. The molecule has 0 bridgehead atoms. The fourth-order valence-electron chi connectivity index (χ4n) is 1.02. The molecule has 0 aromatic rings. The summed E-state index contributed by atoms with van der Waals surface area (Å²) in [7, 11) is 0. The summed E-state index contributed by atoms with van der Waals surface area (Å²) in [6, 6.07) is 0. The summed E-state index contributed by atoms with van der Waals surface area (Å²) in [6.07, 6.45) is 3.38. The number of hydrogen-bond donors (Lipinski definition) is 2. The lowest BCUT2D eigenvalue weighted by atomic mass is 10.0. The average Bonchev–Trinajstić information content (AvgIpc) is 2.29. The van der Waals surface area contributed by atoms with E-state index in [1.165, 1.54) is 6.20 Å². The molecular formula is C7H10N2O2. The highest BCUT2D eigenvalue weighted by atomic mass is 16.2. The van der Waals surface area contributed by atoms with Crippen molar-refractivity contribution >= 4 is 11.7 Å². The second-order valence-electron chi connectivity index (χ2n) is 2.40. The van der Waals surface area contributed by atoms with Gasteiger partial charge >= 0.3 is 0 Å². The summed E-state index contributed by atoms with van der Waals surface area (Å²) in [4.78, 5) is 21.8. The minimum Gasteiger partial charge on any atom is -0.405 e. The van der Waals surface area contributed by atoms with Gasteiger partial charge in [-0.15, -0.1) is 0 Å². The van der Waals surface area contributed by atoms with Crippen molar-refractivity contribution in [3.8, 4) is 0 Å². The molecule has 60 valence electrons. The highest BCUT2D eigenvalue weighted by molar-refractivity contribution is 6.08. The first-order valence-corrected chi connectivity index (χ1v) is 3.43. The standard InChI is InChI=1S/C7H10N2O2/c8-3-1-2-5-6(10)4-9-7(5)11/h1,3,5H,2,4,8H2,(H,9,11). The maximum Gasteiger partial charge on any atom is 0.231 e. The van der Waals surface area contributed by atoms with Crippen LogP contribution in [-0.4, -0.2) is 18.2 Å². The van der Waals surface area contributed by atoms with Crippen molar-refractivity contribution in [3.05, 3.63) is 12.3 Å². The van der Waals surface area contributed by atoms with Gasteiger partial charge in [-0.25, -0.2) is 0 Å². The van der Waals surface area contributed by atoms with E-state index in [4.69, 9.17) is 5.73 Å². The largest absolute Gasteiger partial charge is 0.405 e. The number of Topliss-reactive ketones (excluding diaryl/α,β-unsaturated/α-hetero) is 1. The minimum atomic E-state index is -0.505. The lowest BCUT2D eigenvalue weighted by Gasteiger charge is -1.98. The molecule has 0 aliphatic carbocycles. The molecular weight excluding hydrogens is 144 g/mol. The van der Waals surface area contributed by atoms with Crippen molar-refractivity contribution in [2.45, 2.75) is 6.42 Å². The van der Waals surface area contributed by atoms with Crippen LogP contribution in [0.1, 0.15) is 6.42 Å². The van der Waals surface area contributed by atoms with Crippen molar-refractivity contribution < 1.29 is 9.59 Å². The number of hydrogen-bond acceptors (Lipinski definition) is 3. The molecule has 11 heavy (non-hydrogen) atoms. The van der Waals surface area contributed by atoms with Gasteiger partial charge in [-0.2, -0.15) is 0 Å². The Labute approximate surface area is 64.4 Å². The first-order valence-electron chi connectivity index (χ1n) is 3.43. The number of amides is 1. The van der Waals surface area contributed by atoms with Gasteiger partial charge in [0, 0.05) is 0 Å². The van der Waals surface area contributed by atoms with Gasteiger partial charge in [0.15, 0.2) is 5.78 Å². The quantitative estimate of drug-likeness (QED) is 0.509. The van der Waals surface area contributed by atoms with Crippen LogP contribution in [0.3, 0.4) is 0 Å². The molecule has 4 nitrogen and oxygen atoms in total. The summed E-state index contributed by atoms with van der Waals surface area (Å²) in [6.45, 7) is 0.169. The van der Waals surface area contributed by atoms with Crippen molar-refractivity contribution in [2.75, 3.05) is 6.54 Å². The van der Waals surface area contributed by atoms with Crippen LogP contribution < -0.4 is 11.1 Å². The Hall–Kier alpha value is -1.32. The van der Waals surface area contributed by atoms with E-state index in [0.29, 0.717) is 6.42 Å². The molecule has 0 spiro atoms. The normalized spacial score (nSPS) is 24.5. The van der Waals surface area contributed by atoms with Crippen molar-refractivity contribution in [1.29, 1.82) is 0 Å². The monoisotopic (exact) mass is 154 g/mol. The molecule has 1 unspecified atom stereocenters. The molecule has 1 amide bonds. The second kappa shape index (κ2) is 3.18. The van der Waals surface area contributed by atoms with E-state index in [9.17, 15) is 9.59 Å². The van der Waals surface area contributed by atoms with Crippen molar-refractivity contribution in [2.24, 2.45) is 11.7 Å². The molecule has 1 aliphatic rings. The summed E-state index contributed by atoms with van der Waals surface area (Å²) in [5.74, 6) is -0.740. The van der Waals surface area contributed by atoms with Crippen LogP contribution in [-0.2, 0) is 9.59 Å². The van der Waals surface area contributed by atoms with E-state index in [-0.39, 0.29) is 18.2 Å². The summed E-state index contributed by atoms with van der Waals surface area (Å²) in [5, 5.41) is 2.47. The lowest BCUT2D eigenvalue weighted by molar-refractivity contribution is -0.127. The molecule has 1 fully saturated rings. The SMILES string of the molecule is NC=CCC1C(=O)CNC1=O. The van der Waals surface area contributed by atoms with E-state index in [1.807, 2.05) is 0 Å². The Morgan fingerprint density at radius 2 is 2.36 bits per heavy atom. The Balaban J connectivity index is 2.54. The van der Waals surface area contributed by atoms with E-state index in [0.717, 1.165) is 0 Å². The van der Waals surface area contributed by atoms with Gasteiger partial charge in [0.1, 0.15) is 5.92 Å². The van der Waals surface area contributed by atoms with Crippen LogP contribution in [0.4, 0.5) is 0 Å². The predicted octanol–water partition coefficient (Wildman–Crippen LogP) is -0.836. The fourth-order valence-corrected chi connectivity index (χ4v) is 1.02. The molecule has 0 saturated carbocycles. The third-order valence-corrected chi connectivity index (χ3v) is 1.65. The molecule has 1 heterocycles. The van der Waals surface area contributed by atoms with Crippen LogP contribution in [0.15, 0.2) is 12.3 Å². The van der Waals surface area contributed by atoms with Crippen LogP contribution in [0, 0.1) is 5.92 Å². The molecule has 1 saturated heterocycles. The highest BCUT2D eigenvalue weighted by Crippen LogP contribution is 2.10. The van der Waals surface area contributed by atoms with Crippen molar-refractivity contribution in [1.82, 2.24) is 5.32 Å². The number of allylic oxidation sites excluding steroid dienone is 1. The zero-order valence-electron chi connectivity index (χ0n) is 6.04. The Kier molecular flexibility index (Phi) is 2.25. The number of nitrogens with one attached hydrogen (secondary N) is 1. The number of rotatable bonds is 2.